The van der Waals surface area contributed by atoms with Crippen LogP contribution in [0.3, 0.4) is 0 Å². The first kappa shape index (κ1) is 10.1. The Morgan fingerprint density at radius 1 is 1.80 bits per heavy atom. The highest BCUT2D eigenvalue weighted by Gasteiger charge is 2.29. The zero-order valence-corrected chi connectivity index (χ0v) is 8.22. The number of hydrogen-bond acceptors (Lipinski definition) is 4. The van der Waals surface area contributed by atoms with Crippen molar-refractivity contribution in [1.29, 1.82) is 0 Å². The summed E-state index contributed by atoms with van der Waals surface area (Å²) in [5, 5.41) is 15.5. The van der Waals surface area contributed by atoms with Crippen LogP contribution in [0.15, 0.2) is 12.4 Å². The first-order valence-corrected chi connectivity index (χ1v) is 4.79. The molecule has 0 spiro atoms. The molecule has 15 heavy (non-hydrogen) atoms. The van der Waals surface area contributed by atoms with Crippen LogP contribution in [0.5, 0.6) is 0 Å². The average molecular weight is 211 g/mol. The molecule has 0 radical (unpaired) electrons. The van der Waals surface area contributed by atoms with Crippen LogP contribution < -0.4 is 0 Å². The minimum atomic E-state index is -0.835. The Bertz CT molecular complexity index is 325. The van der Waals surface area contributed by atoms with Gasteiger partial charge < -0.3 is 9.84 Å². The Labute approximate surface area is 86.8 Å². The van der Waals surface area contributed by atoms with E-state index in [2.05, 4.69) is 10.2 Å². The van der Waals surface area contributed by atoms with Crippen molar-refractivity contribution in [1.82, 2.24) is 15.1 Å². The zero-order chi connectivity index (χ0) is 10.7. The number of carboxylic acid groups (broad SMARTS) is 1. The summed E-state index contributed by atoms with van der Waals surface area (Å²) >= 11 is 0. The van der Waals surface area contributed by atoms with Crippen molar-refractivity contribution in [2.24, 2.45) is 0 Å². The number of nitrogens with one attached hydrogen (secondary N) is 1. The number of H-pyrrole nitrogens is 1. The van der Waals surface area contributed by atoms with Crippen molar-refractivity contribution in [3.63, 3.8) is 0 Å². The third kappa shape index (κ3) is 2.34. The lowest BCUT2D eigenvalue weighted by Crippen LogP contribution is -2.49. The molecule has 1 saturated heterocycles. The van der Waals surface area contributed by atoms with Crippen molar-refractivity contribution in [2.45, 2.75) is 12.6 Å². The second-order valence-electron chi connectivity index (χ2n) is 3.51. The SMILES string of the molecule is O=C(O)C1COCCN1Cc1cn[nH]c1. The minimum Gasteiger partial charge on any atom is -0.480 e. The molecule has 2 rings (SSSR count). The summed E-state index contributed by atoms with van der Waals surface area (Å²) < 4.78 is 5.15. The largest absolute Gasteiger partial charge is 0.480 e. The summed E-state index contributed by atoms with van der Waals surface area (Å²) in [6.07, 6.45) is 3.47. The number of carboxylic acids is 1. The third-order valence-corrected chi connectivity index (χ3v) is 2.46. The molecule has 0 amide bonds. The molecule has 1 aliphatic rings. The van der Waals surface area contributed by atoms with Crippen LogP contribution in [-0.4, -0.2) is 52.0 Å². The van der Waals surface area contributed by atoms with E-state index in [-0.39, 0.29) is 6.61 Å². The lowest BCUT2D eigenvalue weighted by molar-refractivity contribution is -0.150. The lowest BCUT2D eigenvalue weighted by Gasteiger charge is -2.32. The molecule has 2 N–H and O–H groups in total. The molecule has 6 heteroatoms. The fourth-order valence-corrected chi connectivity index (χ4v) is 1.65. The summed E-state index contributed by atoms with van der Waals surface area (Å²) in [6.45, 7) is 2.08. The summed E-state index contributed by atoms with van der Waals surface area (Å²) in [5.74, 6) is -0.835. The molecule has 1 aliphatic heterocycles. The van der Waals surface area contributed by atoms with Gasteiger partial charge in [-0.05, 0) is 0 Å². The quantitative estimate of drug-likeness (QED) is 0.717. The molecular formula is C9H13N3O3. The van der Waals surface area contributed by atoms with E-state index in [0.29, 0.717) is 19.7 Å². The van der Waals surface area contributed by atoms with Gasteiger partial charge in [-0.15, -0.1) is 0 Å². The van der Waals surface area contributed by atoms with E-state index in [0.717, 1.165) is 5.56 Å². The highest BCUT2D eigenvalue weighted by molar-refractivity contribution is 5.73. The number of nitrogens with zero attached hydrogens (tertiary/aromatic N) is 2. The first-order chi connectivity index (χ1) is 7.27. The van der Waals surface area contributed by atoms with Crippen LogP contribution in [0.2, 0.25) is 0 Å². The van der Waals surface area contributed by atoms with Crippen LogP contribution in [0.25, 0.3) is 0 Å². The molecule has 1 aromatic heterocycles. The average Bonchev–Trinajstić information content (AvgIpc) is 2.71. The van der Waals surface area contributed by atoms with Crippen LogP contribution >= 0.6 is 0 Å². The molecule has 1 fully saturated rings. The number of rotatable bonds is 3. The number of aliphatic carboxylic acids is 1. The van der Waals surface area contributed by atoms with Gasteiger partial charge in [0.1, 0.15) is 6.04 Å². The Hall–Kier alpha value is -1.40. The number of aromatic amines is 1. The van der Waals surface area contributed by atoms with Gasteiger partial charge >= 0.3 is 5.97 Å². The molecule has 0 aliphatic carbocycles. The van der Waals surface area contributed by atoms with Crippen molar-refractivity contribution in [3.8, 4) is 0 Å². The lowest BCUT2D eigenvalue weighted by atomic mass is 10.2. The number of carbonyl (C=O) groups is 1. The van der Waals surface area contributed by atoms with Gasteiger partial charge in [0.25, 0.3) is 0 Å². The maximum atomic E-state index is 10.9. The molecule has 1 unspecified atom stereocenters. The molecule has 1 atom stereocenters. The van der Waals surface area contributed by atoms with E-state index in [1.165, 1.54) is 0 Å². The fourth-order valence-electron chi connectivity index (χ4n) is 1.65. The van der Waals surface area contributed by atoms with Gasteiger partial charge in [-0.2, -0.15) is 5.10 Å². The second-order valence-corrected chi connectivity index (χ2v) is 3.51. The summed E-state index contributed by atoms with van der Waals surface area (Å²) in [7, 11) is 0. The van der Waals surface area contributed by atoms with Crippen LogP contribution in [-0.2, 0) is 16.1 Å². The first-order valence-electron chi connectivity index (χ1n) is 4.79. The standard InChI is InChI=1S/C9H13N3O3/c13-9(14)8-6-15-2-1-12(8)5-7-3-10-11-4-7/h3-4,8H,1-2,5-6H2,(H,10,11)(H,13,14). The number of ether oxygens (including phenoxy) is 1. The molecule has 1 aromatic rings. The van der Waals surface area contributed by atoms with E-state index >= 15 is 0 Å². The molecule has 0 aromatic carbocycles. The Kier molecular flexibility index (Phi) is 2.98. The van der Waals surface area contributed by atoms with Crippen LogP contribution in [0, 0.1) is 0 Å². The summed E-state index contributed by atoms with van der Waals surface area (Å²) in [5.41, 5.74) is 0.989. The molecule has 0 bridgehead atoms. The molecular weight excluding hydrogens is 198 g/mol. The normalized spacial score (nSPS) is 22.8. The topological polar surface area (TPSA) is 78.5 Å². The van der Waals surface area contributed by atoms with E-state index in [4.69, 9.17) is 9.84 Å². The Morgan fingerprint density at radius 3 is 3.33 bits per heavy atom. The highest BCUT2D eigenvalue weighted by atomic mass is 16.5. The monoisotopic (exact) mass is 211 g/mol. The summed E-state index contributed by atoms with van der Waals surface area (Å²) in [6, 6.07) is -0.548. The van der Waals surface area contributed by atoms with Crippen molar-refractivity contribution >= 4 is 5.97 Å². The second kappa shape index (κ2) is 4.41. The van der Waals surface area contributed by atoms with Crippen molar-refractivity contribution in [3.05, 3.63) is 18.0 Å². The van der Waals surface area contributed by atoms with Gasteiger partial charge in [-0.1, -0.05) is 0 Å². The van der Waals surface area contributed by atoms with Crippen LogP contribution in [0.1, 0.15) is 5.56 Å². The van der Waals surface area contributed by atoms with Crippen molar-refractivity contribution < 1.29 is 14.6 Å². The van der Waals surface area contributed by atoms with Gasteiger partial charge in [0, 0.05) is 24.8 Å². The predicted octanol–water partition coefficient (Wildman–Crippen LogP) is -0.305. The van der Waals surface area contributed by atoms with Gasteiger partial charge in [0.2, 0.25) is 0 Å². The maximum Gasteiger partial charge on any atom is 0.323 e. The van der Waals surface area contributed by atoms with Gasteiger partial charge in [-0.25, -0.2) is 0 Å². The fraction of sp³-hybridized carbons (Fsp3) is 0.556. The summed E-state index contributed by atoms with van der Waals surface area (Å²) in [4.78, 5) is 12.8. The smallest absolute Gasteiger partial charge is 0.323 e. The molecule has 0 saturated carbocycles. The van der Waals surface area contributed by atoms with Gasteiger partial charge in [0.15, 0.2) is 0 Å². The maximum absolute atomic E-state index is 10.9. The predicted molar refractivity (Wildman–Crippen MR) is 51.2 cm³/mol. The molecule has 2 heterocycles. The van der Waals surface area contributed by atoms with Crippen LogP contribution in [0.4, 0.5) is 0 Å². The Morgan fingerprint density at radius 2 is 2.67 bits per heavy atom. The molecule has 82 valence electrons. The highest BCUT2D eigenvalue weighted by Crippen LogP contribution is 2.11. The zero-order valence-electron chi connectivity index (χ0n) is 8.22. The number of hydrogen-bond donors (Lipinski definition) is 2. The Balaban J connectivity index is 2.02. The third-order valence-electron chi connectivity index (χ3n) is 2.46. The van der Waals surface area contributed by atoms with E-state index in [9.17, 15) is 4.79 Å². The minimum absolute atomic E-state index is 0.257. The van der Waals surface area contributed by atoms with Gasteiger partial charge in [0.05, 0.1) is 19.4 Å². The number of morpholine rings is 1. The van der Waals surface area contributed by atoms with E-state index in [1.54, 1.807) is 12.4 Å². The number of aromatic nitrogens is 2. The molecule has 6 nitrogen and oxygen atoms in total. The van der Waals surface area contributed by atoms with Crippen molar-refractivity contribution in [2.75, 3.05) is 19.8 Å². The van der Waals surface area contributed by atoms with Gasteiger partial charge in [-0.3, -0.25) is 14.8 Å². The van der Waals surface area contributed by atoms with E-state index in [1.807, 2.05) is 4.90 Å². The van der Waals surface area contributed by atoms with E-state index < -0.39 is 12.0 Å².